The number of rotatable bonds is 7. The van der Waals surface area contributed by atoms with Crippen molar-refractivity contribution < 1.29 is 17.5 Å². The summed E-state index contributed by atoms with van der Waals surface area (Å²) < 4.78 is 45.7. The van der Waals surface area contributed by atoms with Gasteiger partial charge in [0.05, 0.1) is 5.69 Å². The molecule has 1 heterocycles. The van der Waals surface area contributed by atoms with Crippen molar-refractivity contribution in [1.29, 1.82) is 0 Å². The second-order valence-corrected chi connectivity index (χ2v) is 7.11. The Morgan fingerprint density at radius 1 is 1.32 bits per heavy atom. The van der Waals surface area contributed by atoms with Gasteiger partial charge in [-0.1, -0.05) is 12.1 Å². The van der Waals surface area contributed by atoms with E-state index in [0.717, 1.165) is 0 Å². The van der Waals surface area contributed by atoms with Crippen molar-refractivity contribution >= 4 is 15.7 Å². The minimum atomic E-state index is -3.58. The lowest BCUT2D eigenvalue weighted by atomic mass is 10.1. The zero-order valence-electron chi connectivity index (χ0n) is 12.8. The van der Waals surface area contributed by atoms with Crippen LogP contribution in [0.15, 0.2) is 29.2 Å². The van der Waals surface area contributed by atoms with Crippen molar-refractivity contribution in [2.45, 2.75) is 30.3 Å². The minimum absolute atomic E-state index is 0.254. The summed E-state index contributed by atoms with van der Waals surface area (Å²) in [5.41, 5.74) is 0.647. The van der Waals surface area contributed by atoms with Crippen molar-refractivity contribution in [3.8, 4) is 0 Å². The average molecular weight is 330 g/mol. The lowest BCUT2D eigenvalue weighted by molar-refractivity contribution is 0.196. The Morgan fingerprint density at radius 3 is 2.68 bits per heavy atom. The Labute approximate surface area is 131 Å². The number of nitrogens with one attached hydrogen (secondary N) is 1. The first-order valence-corrected chi connectivity index (χ1v) is 8.99. The van der Waals surface area contributed by atoms with E-state index in [2.05, 4.69) is 4.72 Å². The van der Waals surface area contributed by atoms with Crippen LogP contribution in [0.4, 0.5) is 10.1 Å². The molecule has 0 aliphatic carbocycles. The van der Waals surface area contributed by atoms with Crippen molar-refractivity contribution in [3.05, 3.63) is 24.3 Å². The number of hydrogen-bond acceptors (Lipinski definition) is 4. The Morgan fingerprint density at radius 2 is 2.00 bits per heavy atom. The summed E-state index contributed by atoms with van der Waals surface area (Å²) in [6.45, 7) is 1.92. The minimum Gasteiger partial charge on any atom is -0.385 e. The summed E-state index contributed by atoms with van der Waals surface area (Å²) in [5.74, 6) is 0. The maximum absolute atomic E-state index is 13.3. The number of anilines is 1. The topological polar surface area (TPSA) is 58.6 Å². The molecule has 0 radical (unpaired) electrons. The summed E-state index contributed by atoms with van der Waals surface area (Å²) in [6, 6.07) is 6.88. The molecule has 0 aromatic heterocycles. The maximum atomic E-state index is 13.3. The molecule has 1 N–H and O–H groups in total. The van der Waals surface area contributed by atoms with Crippen LogP contribution in [-0.2, 0) is 14.8 Å². The molecule has 0 unspecified atom stereocenters. The van der Waals surface area contributed by atoms with Crippen molar-refractivity contribution in [2.24, 2.45) is 0 Å². The monoisotopic (exact) mass is 330 g/mol. The molecule has 2 rings (SSSR count). The first-order valence-electron chi connectivity index (χ1n) is 7.51. The molecular formula is C15H23FN2O3S. The van der Waals surface area contributed by atoms with Gasteiger partial charge in [0, 0.05) is 33.4 Å². The fraction of sp³-hybridized carbons (Fsp3) is 0.600. The van der Waals surface area contributed by atoms with Gasteiger partial charge in [0.25, 0.3) is 0 Å². The van der Waals surface area contributed by atoms with Crippen molar-refractivity contribution in [1.82, 2.24) is 4.72 Å². The van der Waals surface area contributed by atoms with Gasteiger partial charge in [-0.3, -0.25) is 0 Å². The number of alkyl halides is 1. The zero-order valence-corrected chi connectivity index (χ0v) is 13.6. The number of benzene rings is 1. The van der Waals surface area contributed by atoms with Gasteiger partial charge in [0.15, 0.2) is 0 Å². The second-order valence-electron chi connectivity index (χ2n) is 5.37. The van der Waals surface area contributed by atoms with Crippen LogP contribution in [0.1, 0.15) is 19.3 Å². The fourth-order valence-corrected chi connectivity index (χ4v) is 3.83. The molecule has 1 aliphatic heterocycles. The van der Waals surface area contributed by atoms with E-state index in [1.165, 1.54) is 0 Å². The Kier molecular flexibility index (Phi) is 6.16. The van der Waals surface area contributed by atoms with Gasteiger partial charge in [-0.15, -0.1) is 0 Å². The first kappa shape index (κ1) is 17.2. The molecular weight excluding hydrogens is 307 g/mol. The summed E-state index contributed by atoms with van der Waals surface area (Å²) >= 11 is 0. The van der Waals surface area contributed by atoms with Gasteiger partial charge in [-0.2, -0.15) is 0 Å². The van der Waals surface area contributed by atoms with Crippen LogP contribution < -0.4 is 9.62 Å². The number of sulfonamides is 1. The standard InChI is InChI=1S/C15H23FN2O3S/c1-21-12-4-9-17-22(19,20)15-6-3-2-5-14(15)18-10-7-13(16)8-11-18/h2-3,5-6,13,17H,4,7-12H2,1H3. The Hall–Kier alpha value is -1.18. The Balaban J connectivity index is 2.13. The molecule has 22 heavy (non-hydrogen) atoms. The van der Waals surface area contributed by atoms with Crippen molar-refractivity contribution in [3.63, 3.8) is 0 Å². The molecule has 0 spiro atoms. The number of ether oxygens (including phenoxy) is 1. The van der Waals surface area contributed by atoms with Crippen LogP contribution in [0.3, 0.4) is 0 Å². The van der Waals surface area contributed by atoms with Gasteiger partial charge < -0.3 is 9.64 Å². The van der Waals surface area contributed by atoms with Gasteiger partial charge in [0.2, 0.25) is 10.0 Å². The van der Waals surface area contributed by atoms with E-state index in [0.29, 0.717) is 51.2 Å². The number of piperidine rings is 1. The van der Waals surface area contributed by atoms with Gasteiger partial charge in [-0.05, 0) is 31.4 Å². The summed E-state index contributed by atoms with van der Waals surface area (Å²) in [5, 5.41) is 0. The highest BCUT2D eigenvalue weighted by molar-refractivity contribution is 7.89. The molecule has 1 saturated heterocycles. The number of hydrogen-bond donors (Lipinski definition) is 1. The van der Waals surface area contributed by atoms with E-state index < -0.39 is 16.2 Å². The normalized spacial score (nSPS) is 16.9. The third kappa shape index (κ3) is 4.41. The predicted octanol–water partition coefficient (Wildman–Crippen LogP) is 1.94. The summed E-state index contributed by atoms with van der Waals surface area (Å²) in [6.07, 6.45) is 0.711. The summed E-state index contributed by atoms with van der Waals surface area (Å²) in [4.78, 5) is 2.20. The molecule has 1 aliphatic rings. The van der Waals surface area contributed by atoms with Gasteiger partial charge >= 0.3 is 0 Å². The molecule has 1 aromatic rings. The second kappa shape index (κ2) is 7.89. The van der Waals surface area contributed by atoms with Crippen LogP contribution in [0.25, 0.3) is 0 Å². The molecule has 0 amide bonds. The van der Waals surface area contributed by atoms with E-state index in [-0.39, 0.29) is 4.90 Å². The van der Waals surface area contributed by atoms with E-state index in [1.54, 1.807) is 31.4 Å². The van der Waals surface area contributed by atoms with Crippen molar-refractivity contribution in [2.75, 3.05) is 38.3 Å². The molecule has 124 valence electrons. The SMILES string of the molecule is COCCCNS(=O)(=O)c1ccccc1N1CCC(F)CC1. The highest BCUT2D eigenvalue weighted by Crippen LogP contribution is 2.28. The Bertz CT molecular complexity index is 572. The maximum Gasteiger partial charge on any atom is 0.242 e. The van der Waals surface area contributed by atoms with Gasteiger partial charge in [0.1, 0.15) is 11.1 Å². The lowest BCUT2D eigenvalue weighted by Gasteiger charge is -2.31. The number of methoxy groups -OCH3 is 1. The summed E-state index contributed by atoms with van der Waals surface area (Å²) in [7, 11) is -1.99. The van der Waals surface area contributed by atoms with Crippen LogP contribution in [-0.4, -0.2) is 47.9 Å². The van der Waals surface area contributed by atoms with E-state index in [1.807, 2.05) is 4.90 Å². The zero-order chi connectivity index (χ0) is 16.0. The average Bonchev–Trinajstić information content (AvgIpc) is 2.52. The van der Waals surface area contributed by atoms with E-state index >= 15 is 0 Å². The molecule has 1 aromatic carbocycles. The molecule has 0 saturated carbocycles. The largest absolute Gasteiger partial charge is 0.385 e. The first-order chi connectivity index (χ1) is 10.5. The van der Waals surface area contributed by atoms with E-state index in [9.17, 15) is 12.8 Å². The smallest absolute Gasteiger partial charge is 0.242 e. The molecule has 5 nitrogen and oxygen atoms in total. The van der Waals surface area contributed by atoms with Gasteiger partial charge in [-0.25, -0.2) is 17.5 Å². The predicted molar refractivity (Wildman–Crippen MR) is 84.5 cm³/mol. The number of para-hydroxylation sites is 1. The third-order valence-corrected chi connectivity index (χ3v) is 5.25. The quantitative estimate of drug-likeness (QED) is 0.776. The molecule has 0 bridgehead atoms. The number of nitrogens with zero attached hydrogens (tertiary/aromatic N) is 1. The van der Waals surface area contributed by atoms with Crippen LogP contribution in [0.2, 0.25) is 0 Å². The van der Waals surface area contributed by atoms with Crippen LogP contribution >= 0.6 is 0 Å². The molecule has 7 heteroatoms. The molecule has 1 fully saturated rings. The highest BCUT2D eigenvalue weighted by Gasteiger charge is 2.24. The van der Waals surface area contributed by atoms with Crippen LogP contribution in [0, 0.1) is 0 Å². The van der Waals surface area contributed by atoms with E-state index in [4.69, 9.17) is 4.74 Å². The third-order valence-electron chi connectivity index (χ3n) is 3.74. The number of halogens is 1. The highest BCUT2D eigenvalue weighted by atomic mass is 32.2. The lowest BCUT2D eigenvalue weighted by Crippen LogP contribution is -2.36. The van der Waals surface area contributed by atoms with Crippen LogP contribution in [0.5, 0.6) is 0 Å². The molecule has 0 atom stereocenters. The fourth-order valence-electron chi connectivity index (χ4n) is 2.54.